The Morgan fingerprint density at radius 2 is 1.75 bits per heavy atom. The number of halogens is 1. The van der Waals surface area contributed by atoms with E-state index in [2.05, 4.69) is 82.8 Å². The number of Topliss-reactive ketones (excluding diaryl/α,β-unsaturated/α-hetero) is 2. The van der Waals surface area contributed by atoms with Crippen LogP contribution < -0.4 is 9.47 Å². The van der Waals surface area contributed by atoms with Crippen molar-refractivity contribution in [2.45, 2.75) is 129 Å². The van der Waals surface area contributed by atoms with Gasteiger partial charge in [0.1, 0.15) is 17.1 Å². The largest absolute Gasteiger partial charge is 0.508 e. The van der Waals surface area contributed by atoms with Crippen molar-refractivity contribution in [3.05, 3.63) is 75.7 Å². The van der Waals surface area contributed by atoms with E-state index in [1.165, 1.54) is 0 Å². The summed E-state index contributed by atoms with van der Waals surface area (Å²) in [5, 5.41) is 17.7. The van der Waals surface area contributed by atoms with E-state index in [9.17, 15) is 5.11 Å². The number of unbranched alkanes of at least 4 members (excludes halogenated alkanes) is 2. The average molecular weight is 823 g/mol. The number of nitrogens with zero attached hydrogens (tertiary/aromatic N) is 3. The smallest absolute Gasteiger partial charge is 0.265 e. The number of allylic oxidation sites excluding steroid dienone is 1. The van der Waals surface area contributed by atoms with Gasteiger partial charge in [0.15, 0.2) is 25.5 Å². The van der Waals surface area contributed by atoms with E-state index in [0.29, 0.717) is 61.2 Å². The molecule has 0 spiro atoms. The van der Waals surface area contributed by atoms with Crippen molar-refractivity contribution in [2.24, 2.45) is 11.8 Å². The van der Waals surface area contributed by atoms with Crippen molar-refractivity contribution in [3.63, 3.8) is 0 Å². The average Bonchev–Trinajstić information content (AvgIpc) is 3.81. The van der Waals surface area contributed by atoms with E-state index in [1.54, 1.807) is 12.2 Å². The zero-order chi connectivity index (χ0) is 41.4. The minimum atomic E-state index is -2.90. The van der Waals surface area contributed by atoms with E-state index in [0.717, 1.165) is 62.7 Å². The second kappa shape index (κ2) is 17.2. The van der Waals surface area contributed by atoms with Crippen LogP contribution in [-0.4, -0.2) is 84.9 Å². The summed E-state index contributed by atoms with van der Waals surface area (Å²) >= 11 is 7.45. The summed E-state index contributed by atoms with van der Waals surface area (Å²) in [5.74, 6) is -1.44. The van der Waals surface area contributed by atoms with Gasteiger partial charge >= 0.3 is 0 Å². The van der Waals surface area contributed by atoms with Crippen LogP contribution >= 0.6 is 11.6 Å². The number of carbonyl (C=O) groups excluding carboxylic acids is 2. The number of likely N-dealkylation sites (tertiary alicyclic amines) is 1. The maximum Gasteiger partial charge on any atom is 0.265 e. The van der Waals surface area contributed by atoms with Crippen molar-refractivity contribution in [3.8, 4) is 11.6 Å². The van der Waals surface area contributed by atoms with Gasteiger partial charge in [-0.1, -0.05) is 78.1 Å². The molecule has 2 heterocycles. The molecule has 1 fully saturated rings. The summed E-state index contributed by atoms with van der Waals surface area (Å²) in [5.41, 5.74) is 0.491. The van der Waals surface area contributed by atoms with Crippen molar-refractivity contribution in [1.82, 2.24) is 15.0 Å². The molecule has 312 valence electrons. The Hall–Kier alpha value is -3.22. The van der Waals surface area contributed by atoms with Crippen LogP contribution in [0.1, 0.15) is 136 Å². The second-order valence-corrected chi connectivity index (χ2v) is 22.9. The van der Waals surface area contributed by atoms with E-state index in [-0.39, 0.29) is 39.6 Å². The van der Waals surface area contributed by atoms with Crippen LogP contribution in [0.3, 0.4) is 0 Å². The van der Waals surface area contributed by atoms with Crippen LogP contribution in [0.5, 0.6) is 11.6 Å². The van der Waals surface area contributed by atoms with E-state index in [1.807, 2.05) is 6.07 Å². The van der Waals surface area contributed by atoms with Crippen molar-refractivity contribution in [1.29, 1.82) is 0 Å². The molecular formula is C45H64ClN3O7Si. The van der Waals surface area contributed by atoms with Gasteiger partial charge in [-0.3, -0.25) is 19.4 Å². The maximum absolute atomic E-state index is 15.7. The van der Waals surface area contributed by atoms with Crippen molar-refractivity contribution in [2.75, 3.05) is 39.4 Å². The molecule has 6 rings (SSSR count). The van der Waals surface area contributed by atoms with E-state index >= 15 is 9.59 Å². The Morgan fingerprint density at radius 1 is 1.09 bits per heavy atom. The van der Waals surface area contributed by atoms with Gasteiger partial charge in [0.2, 0.25) is 5.78 Å². The number of aromatic nitrogens is 1. The lowest BCUT2D eigenvalue weighted by molar-refractivity contribution is -0.0524. The number of rotatable bonds is 17. The van der Waals surface area contributed by atoms with Crippen LogP contribution in [0.4, 0.5) is 0 Å². The molecule has 0 saturated carbocycles. The Balaban J connectivity index is 1.63. The Kier molecular flexibility index (Phi) is 13.1. The van der Waals surface area contributed by atoms with Gasteiger partial charge in [0, 0.05) is 35.6 Å². The van der Waals surface area contributed by atoms with E-state index in [4.69, 9.17) is 30.0 Å². The van der Waals surface area contributed by atoms with Gasteiger partial charge in [0.25, 0.3) is 5.88 Å². The molecule has 10 nitrogen and oxygen atoms in total. The number of ketones is 2. The van der Waals surface area contributed by atoms with E-state index < -0.39 is 37.6 Å². The topological polar surface area (TPSA) is 115 Å². The van der Waals surface area contributed by atoms with Gasteiger partial charge < -0.3 is 23.5 Å². The molecule has 0 amide bonds. The molecule has 1 N–H and O–H groups in total. The Labute approximate surface area is 345 Å². The number of ether oxygens (including phenoxy) is 2. The number of benzene rings is 1. The highest BCUT2D eigenvalue weighted by Crippen LogP contribution is 2.60. The third-order valence-corrected chi connectivity index (χ3v) is 18.1. The lowest BCUT2D eigenvalue weighted by Gasteiger charge is -2.55. The van der Waals surface area contributed by atoms with Crippen LogP contribution in [0.25, 0.3) is 0 Å². The number of hydrogen-bond donors (Lipinski definition) is 1. The van der Waals surface area contributed by atoms with Crippen LogP contribution in [0.15, 0.2) is 47.2 Å². The molecule has 5 atom stereocenters. The summed E-state index contributed by atoms with van der Waals surface area (Å²) in [4.78, 5) is 35.6. The second-order valence-electron chi connectivity index (χ2n) is 17.8. The maximum atomic E-state index is 15.7. The molecule has 1 saturated heterocycles. The van der Waals surface area contributed by atoms with Gasteiger partial charge in [0.05, 0.1) is 24.8 Å². The molecule has 2 aromatic rings. The predicted molar refractivity (Wildman–Crippen MR) is 227 cm³/mol. The Morgan fingerprint density at radius 3 is 2.37 bits per heavy atom. The third-order valence-electron chi connectivity index (χ3n) is 13.2. The van der Waals surface area contributed by atoms with Crippen LogP contribution in [-0.2, 0) is 10.8 Å². The highest BCUT2D eigenvalue weighted by atomic mass is 35.5. The predicted octanol–water partition coefficient (Wildman–Crippen LogP) is 10.4. The SMILES string of the molecule is C=CCN(CC=C)[C@@H]1c2onc(OCCCC)c2C(=O)[C@@]2(O[Si](C)(C)C(C)(C)C)C(O)=C3C(=O)c4c(OCCCC)cc(C5CCCN5CC)c(Cl)c4C[C@H]3C[C@@H]12. The van der Waals surface area contributed by atoms with Gasteiger partial charge in [-0.2, -0.15) is 0 Å². The lowest BCUT2D eigenvalue weighted by Crippen LogP contribution is -2.65. The van der Waals surface area contributed by atoms with Crippen molar-refractivity contribution >= 4 is 31.5 Å². The van der Waals surface area contributed by atoms with Crippen molar-refractivity contribution < 1.29 is 33.1 Å². The van der Waals surface area contributed by atoms with Crippen LogP contribution in [0, 0.1) is 11.8 Å². The molecule has 1 aliphatic heterocycles. The molecule has 1 aromatic heterocycles. The number of fused-ring (bicyclic) bond motifs is 4. The molecule has 57 heavy (non-hydrogen) atoms. The zero-order valence-corrected chi connectivity index (χ0v) is 37.2. The summed E-state index contributed by atoms with van der Waals surface area (Å²) in [6.07, 6.45) is 9.75. The summed E-state index contributed by atoms with van der Waals surface area (Å²) in [6, 6.07) is 1.47. The first-order chi connectivity index (χ1) is 27.1. The van der Waals surface area contributed by atoms with Gasteiger partial charge in [-0.15, -0.1) is 13.2 Å². The fraction of sp³-hybridized carbons (Fsp3) is 0.622. The minimum Gasteiger partial charge on any atom is -0.508 e. The molecule has 0 radical (unpaired) electrons. The molecule has 0 bridgehead atoms. The number of hydrogen-bond acceptors (Lipinski definition) is 10. The van der Waals surface area contributed by atoms with Crippen LogP contribution in [0.2, 0.25) is 23.2 Å². The standard InChI is InChI=1S/C45H64ClN3O7Si/c1-11-16-23-53-33-27-29(32-19-18-22-48(32)15-5)37(46)30-25-28-26-31-38(49(20-13-3)21-14-4)40-36(43(47-55-40)54-24-17-12-2)42(52)45(31,56-57(9,10)44(6,7)8)41(51)34(28)39(50)35(30)33/h13-14,27-28,31-32,38,51H,3-4,11-12,15-26H2,1-2,5-10H3/t28-,31-,32?,38-,45-/m0/s1. The molecule has 1 aromatic carbocycles. The number of aliphatic hydroxyl groups is 1. The molecule has 4 aliphatic rings. The lowest BCUT2D eigenvalue weighted by atomic mass is 9.58. The fourth-order valence-electron chi connectivity index (χ4n) is 9.29. The normalized spacial score (nSPS) is 24.9. The molecule has 3 aliphatic carbocycles. The first-order valence-electron chi connectivity index (χ1n) is 21.2. The molecular weight excluding hydrogens is 758 g/mol. The summed E-state index contributed by atoms with van der Waals surface area (Å²) in [7, 11) is -2.90. The highest BCUT2D eigenvalue weighted by molar-refractivity contribution is 6.74. The minimum absolute atomic E-state index is 0.0708. The Bertz CT molecular complexity index is 1890. The monoisotopic (exact) mass is 821 g/mol. The number of aliphatic hydroxyl groups excluding tert-OH is 1. The van der Waals surface area contributed by atoms with Gasteiger partial charge in [-0.05, 0) is 98.0 Å². The molecule has 12 heteroatoms. The fourth-order valence-corrected chi connectivity index (χ4v) is 11.1. The number of carbonyl (C=O) groups is 2. The quantitative estimate of drug-likeness (QED) is 0.0939. The molecule has 1 unspecified atom stereocenters. The summed E-state index contributed by atoms with van der Waals surface area (Å²) < 4.78 is 26.2. The first-order valence-corrected chi connectivity index (χ1v) is 24.4. The third kappa shape index (κ3) is 7.49. The van der Waals surface area contributed by atoms with Gasteiger partial charge in [-0.25, -0.2) is 0 Å². The first kappa shape index (κ1) is 43.4. The summed E-state index contributed by atoms with van der Waals surface area (Å²) in [6.45, 7) is 28.4. The zero-order valence-electron chi connectivity index (χ0n) is 35.5. The highest BCUT2D eigenvalue weighted by Gasteiger charge is 2.67.